The Labute approximate surface area is 116 Å². The van der Waals surface area contributed by atoms with Crippen molar-refractivity contribution in [3.8, 4) is 0 Å². The molecule has 2 rings (SSSR count). The Morgan fingerprint density at radius 1 is 1.37 bits per heavy atom. The molecule has 19 heavy (non-hydrogen) atoms. The van der Waals surface area contributed by atoms with Gasteiger partial charge in [0, 0.05) is 19.6 Å². The molecule has 1 fully saturated rings. The molecule has 0 bridgehead atoms. The molecule has 1 aromatic rings. The number of amides is 1. The van der Waals surface area contributed by atoms with Crippen molar-refractivity contribution in [2.75, 3.05) is 19.6 Å². The van der Waals surface area contributed by atoms with Crippen molar-refractivity contribution in [3.05, 3.63) is 35.4 Å². The fourth-order valence-corrected chi connectivity index (χ4v) is 2.68. The number of likely N-dealkylation sites (tertiary alicyclic amines) is 1. The first-order valence-corrected chi connectivity index (χ1v) is 7.24. The summed E-state index contributed by atoms with van der Waals surface area (Å²) in [6, 6.07) is 8.68. The first-order chi connectivity index (χ1) is 9.19. The Kier molecular flexibility index (Phi) is 4.97. The van der Waals surface area contributed by atoms with Crippen LogP contribution < -0.4 is 5.32 Å². The number of benzene rings is 1. The van der Waals surface area contributed by atoms with Gasteiger partial charge in [0.05, 0.1) is 5.92 Å². The number of carbonyl (C=O) groups is 1. The summed E-state index contributed by atoms with van der Waals surface area (Å²) in [6.45, 7) is 7.76. The average molecular weight is 260 g/mol. The second kappa shape index (κ2) is 6.71. The molecule has 3 heteroatoms. The fraction of sp³-hybridized carbons (Fsp3) is 0.562. The van der Waals surface area contributed by atoms with Gasteiger partial charge in [-0.1, -0.05) is 29.8 Å². The molecule has 0 radical (unpaired) electrons. The molecule has 0 saturated carbocycles. The van der Waals surface area contributed by atoms with E-state index in [1.165, 1.54) is 11.1 Å². The van der Waals surface area contributed by atoms with Gasteiger partial charge in [-0.15, -0.1) is 0 Å². The van der Waals surface area contributed by atoms with Crippen LogP contribution in [0.4, 0.5) is 0 Å². The van der Waals surface area contributed by atoms with E-state index in [2.05, 4.69) is 41.4 Å². The van der Waals surface area contributed by atoms with Gasteiger partial charge in [0.1, 0.15) is 0 Å². The Hall–Kier alpha value is -1.35. The number of rotatable bonds is 4. The van der Waals surface area contributed by atoms with E-state index in [1.807, 2.05) is 6.92 Å². The molecule has 1 N–H and O–H groups in total. The highest BCUT2D eigenvalue weighted by atomic mass is 16.1. The predicted molar refractivity (Wildman–Crippen MR) is 77.9 cm³/mol. The summed E-state index contributed by atoms with van der Waals surface area (Å²) < 4.78 is 0. The number of carbonyl (C=O) groups excluding carboxylic acids is 1. The van der Waals surface area contributed by atoms with Crippen molar-refractivity contribution in [3.63, 3.8) is 0 Å². The van der Waals surface area contributed by atoms with E-state index in [-0.39, 0.29) is 11.8 Å². The van der Waals surface area contributed by atoms with E-state index < -0.39 is 0 Å². The normalized spacial score (nSPS) is 20.2. The maximum Gasteiger partial charge on any atom is 0.224 e. The zero-order chi connectivity index (χ0) is 13.7. The van der Waals surface area contributed by atoms with Crippen molar-refractivity contribution in [1.82, 2.24) is 10.2 Å². The van der Waals surface area contributed by atoms with Gasteiger partial charge in [-0.3, -0.25) is 9.69 Å². The maximum absolute atomic E-state index is 11.9. The molecule has 0 spiro atoms. The largest absolute Gasteiger partial charge is 0.356 e. The molecule has 1 heterocycles. The summed E-state index contributed by atoms with van der Waals surface area (Å²) in [5.41, 5.74) is 2.63. The van der Waals surface area contributed by atoms with E-state index >= 15 is 0 Å². The van der Waals surface area contributed by atoms with E-state index in [4.69, 9.17) is 0 Å². The van der Waals surface area contributed by atoms with Crippen LogP contribution in [0.15, 0.2) is 24.3 Å². The first-order valence-electron chi connectivity index (χ1n) is 7.24. The van der Waals surface area contributed by atoms with Gasteiger partial charge in [0.2, 0.25) is 5.91 Å². The number of nitrogens with one attached hydrogen (secondary N) is 1. The van der Waals surface area contributed by atoms with Crippen molar-refractivity contribution in [2.24, 2.45) is 5.92 Å². The second-order valence-electron chi connectivity index (χ2n) is 5.45. The molecule has 0 aliphatic carbocycles. The monoisotopic (exact) mass is 260 g/mol. The molecular formula is C16H24N2O. The Morgan fingerprint density at radius 3 is 2.79 bits per heavy atom. The average Bonchev–Trinajstić information content (AvgIpc) is 2.42. The summed E-state index contributed by atoms with van der Waals surface area (Å²) >= 11 is 0. The van der Waals surface area contributed by atoms with Crippen LogP contribution in [0.2, 0.25) is 0 Å². The highest BCUT2D eigenvalue weighted by Gasteiger charge is 2.25. The van der Waals surface area contributed by atoms with Crippen LogP contribution in [0.1, 0.15) is 30.9 Å². The lowest BCUT2D eigenvalue weighted by Crippen LogP contribution is -2.42. The third-order valence-corrected chi connectivity index (χ3v) is 3.75. The summed E-state index contributed by atoms with van der Waals surface area (Å²) in [5.74, 6) is 0.384. The number of aryl methyl sites for hydroxylation is 1. The summed E-state index contributed by atoms with van der Waals surface area (Å²) in [7, 11) is 0. The van der Waals surface area contributed by atoms with E-state index in [1.54, 1.807) is 0 Å². The fourth-order valence-electron chi connectivity index (χ4n) is 2.68. The molecular weight excluding hydrogens is 236 g/mol. The van der Waals surface area contributed by atoms with E-state index in [0.29, 0.717) is 0 Å². The zero-order valence-electron chi connectivity index (χ0n) is 12.0. The molecule has 0 aromatic heterocycles. The van der Waals surface area contributed by atoms with Crippen molar-refractivity contribution < 1.29 is 4.79 Å². The third-order valence-electron chi connectivity index (χ3n) is 3.75. The highest BCUT2D eigenvalue weighted by Crippen LogP contribution is 2.19. The lowest BCUT2D eigenvalue weighted by atomic mass is 9.96. The van der Waals surface area contributed by atoms with Crippen LogP contribution in [-0.2, 0) is 11.3 Å². The second-order valence-corrected chi connectivity index (χ2v) is 5.45. The number of nitrogens with zero attached hydrogens (tertiary/aromatic N) is 1. The molecule has 104 valence electrons. The van der Waals surface area contributed by atoms with Gasteiger partial charge in [0.25, 0.3) is 0 Å². The van der Waals surface area contributed by atoms with Crippen molar-refractivity contribution >= 4 is 5.91 Å². The van der Waals surface area contributed by atoms with E-state index in [9.17, 15) is 4.79 Å². The molecule has 1 aromatic carbocycles. The van der Waals surface area contributed by atoms with Crippen LogP contribution in [0.25, 0.3) is 0 Å². The molecule has 1 aliphatic heterocycles. The number of piperidine rings is 1. The SMILES string of the molecule is CCNC(=O)C1CCCN(Cc2ccc(C)cc2)C1. The minimum atomic E-state index is 0.166. The molecule has 1 aliphatic rings. The van der Waals surface area contributed by atoms with Gasteiger partial charge < -0.3 is 5.32 Å². The summed E-state index contributed by atoms with van der Waals surface area (Å²) in [4.78, 5) is 14.3. The van der Waals surface area contributed by atoms with Crippen LogP contribution >= 0.6 is 0 Å². The summed E-state index contributed by atoms with van der Waals surface area (Å²) in [5, 5.41) is 2.94. The Morgan fingerprint density at radius 2 is 2.11 bits per heavy atom. The molecule has 1 atom stereocenters. The quantitative estimate of drug-likeness (QED) is 0.901. The van der Waals surface area contributed by atoms with Gasteiger partial charge in [-0.2, -0.15) is 0 Å². The van der Waals surface area contributed by atoms with Crippen LogP contribution in [0.3, 0.4) is 0 Å². The highest BCUT2D eigenvalue weighted by molar-refractivity contribution is 5.78. The molecule has 1 saturated heterocycles. The molecule has 1 amide bonds. The van der Waals surface area contributed by atoms with Gasteiger partial charge in [0.15, 0.2) is 0 Å². The maximum atomic E-state index is 11.9. The van der Waals surface area contributed by atoms with Crippen molar-refractivity contribution in [2.45, 2.75) is 33.2 Å². The lowest BCUT2D eigenvalue weighted by Gasteiger charge is -2.32. The van der Waals surface area contributed by atoms with E-state index in [0.717, 1.165) is 39.0 Å². The van der Waals surface area contributed by atoms with Crippen LogP contribution in [-0.4, -0.2) is 30.4 Å². The number of hydrogen-bond acceptors (Lipinski definition) is 2. The predicted octanol–water partition coefficient (Wildman–Crippen LogP) is 2.34. The Balaban J connectivity index is 1.90. The smallest absolute Gasteiger partial charge is 0.224 e. The Bertz CT molecular complexity index is 413. The lowest BCUT2D eigenvalue weighted by molar-refractivity contribution is -0.126. The minimum Gasteiger partial charge on any atom is -0.356 e. The molecule has 3 nitrogen and oxygen atoms in total. The molecule has 1 unspecified atom stereocenters. The first kappa shape index (κ1) is 14.1. The standard InChI is InChI=1S/C16H24N2O/c1-3-17-16(19)15-5-4-10-18(12-15)11-14-8-6-13(2)7-9-14/h6-9,15H,3-5,10-12H2,1-2H3,(H,17,19). The minimum absolute atomic E-state index is 0.166. The van der Waals surface area contributed by atoms with Crippen molar-refractivity contribution in [1.29, 1.82) is 0 Å². The summed E-state index contributed by atoms with van der Waals surface area (Å²) in [6.07, 6.45) is 2.14. The third kappa shape index (κ3) is 4.06. The van der Waals surface area contributed by atoms with Gasteiger partial charge in [-0.25, -0.2) is 0 Å². The van der Waals surface area contributed by atoms with Crippen LogP contribution in [0, 0.1) is 12.8 Å². The zero-order valence-corrected chi connectivity index (χ0v) is 12.0. The topological polar surface area (TPSA) is 32.3 Å². The van der Waals surface area contributed by atoms with Crippen LogP contribution in [0.5, 0.6) is 0 Å². The number of hydrogen-bond donors (Lipinski definition) is 1. The van der Waals surface area contributed by atoms with Gasteiger partial charge >= 0.3 is 0 Å². The van der Waals surface area contributed by atoms with Gasteiger partial charge in [-0.05, 0) is 38.8 Å².